The molecule has 1 saturated heterocycles. The number of benzene rings is 2. The monoisotopic (exact) mass is 558 g/mol. The Labute approximate surface area is 243 Å². The van der Waals surface area contributed by atoms with E-state index in [1.54, 1.807) is 10.8 Å². The van der Waals surface area contributed by atoms with Crippen LogP contribution in [-0.4, -0.2) is 50.6 Å². The third kappa shape index (κ3) is 6.99. The fourth-order valence-electron chi connectivity index (χ4n) is 5.14. The van der Waals surface area contributed by atoms with E-state index < -0.39 is 0 Å². The summed E-state index contributed by atoms with van der Waals surface area (Å²) in [6.07, 6.45) is 1.71. The average Bonchev–Trinajstić information content (AvgIpc) is 3.37. The summed E-state index contributed by atoms with van der Waals surface area (Å²) in [4.78, 5) is 40.1. The highest BCUT2D eigenvalue weighted by Gasteiger charge is 2.26. The minimum Gasteiger partial charge on any atom is -0.367 e. The summed E-state index contributed by atoms with van der Waals surface area (Å²) in [6, 6.07) is 14.9. The van der Waals surface area contributed by atoms with E-state index in [0.29, 0.717) is 12.1 Å². The summed E-state index contributed by atoms with van der Waals surface area (Å²) >= 11 is 0. The Bertz CT molecular complexity index is 1560. The summed E-state index contributed by atoms with van der Waals surface area (Å²) in [5, 5.41) is 0. The molecule has 8 nitrogen and oxygen atoms in total. The first-order valence-corrected chi connectivity index (χ1v) is 14.8. The zero-order chi connectivity index (χ0) is 29.9. The molecule has 41 heavy (non-hydrogen) atoms. The Kier molecular flexibility index (Phi) is 9.22. The van der Waals surface area contributed by atoms with E-state index >= 15 is 0 Å². The van der Waals surface area contributed by atoms with Crippen LogP contribution < -0.4 is 16.1 Å². The number of hydrogen-bond donors (Lipinski definition) is 2. The first kappa shape index (κ1) is 30.3. The van der Waals surface area contributed by atoms with Crippen molar-refractivity contribution in [1.29, 1.82) is 0 Å². The third-order valence-electron chi connectivity index (χ3n) is 7.55. The van der Waals surface area contributed by atoms with Gasteiger partial charge in [0.15, 0.2) is 0 Å². The van der Waals surface area contributed by atoms with Gasteiger partial charge < -0.3 is 14.5 Å². The van der Waals surface area contributed by atoms with Crippen LogP contribution in [0.4, 0.5) is 5.69 Å². The molecule has 2 aromatic heterocycles. The molecule has 4 aromatic rings. The van der Waals surface area contributed by atoms with E-state index in [9.17, 15) is 9.59 Å². The quantitative estimate of drug-likeness (QED) is 0.316. The van der Waals surface area contributed by atoms with Crippen molar-refractivity contribution in [1.82, 2.24) is 24.4 Å². The smallest absolute Gasteiger partial charge is 0.328 e. The molecule has 2 N–H and O–H groups in total. The summed E-state index contributed by atoms with van der Waals surface area (Å²) in [5.74, 6) is 1.71. The standard InChI is InChI=1S/C29H36N6O2.C4H10/c1-6-33-18-22(27(36)32-28(33)37)19(2)34-14-16-35(17-15-34)24-9-7-8-23-25(24)31-26(30-23)20-10-12-21(13-11-20)29(3,4)5;1-4(2)3/h7-13,18-19H,6,14-17H2,1-5H3,(H,30,31)(H,32,36,37);4H,1-3H3. The molecule has 0 spiro atoms. The second-order valence-corrected chi connectivity index (χ2v) is 12.6. The highest BCUT2D eigenvalue weighted by molar-refractivity contribution is 5.91. The van der Waals surface area contributed by atoms with Crippen LogP contribution >= 0.6 is 0 Å². The van der Waals surface area contributed by atoms with Gasteiger partial charge in [0.2, 0.25) is 0 Å². The number of rotatable bonds is 5. The number of H-pyrrole nitrogens is 2. The molecule has 0 saturated carbocycles. The number of nitrogens with one attached hydrogen (secondary N) is 2. The molecule has 0 aliphatic carbocycles. The molecule has 220 valence electrons. The number of anilines is 1. The van der Waals surface area contributed by atoms with E-state index in [1.165, 1.54) is 5.56 Å². The first-order valence-electron chi connectivity index (χ1n) is 14.8. The Hall–Kier alpha value is -3.65. The molecule has 1 fully saturated rings. The Morgan fingerprint density at radius 1 is 0.902 bits per heavy atom. The highest BCUT2D eigenvalue weighted by atomic mass is 16.2. The zero-order valence-corrected chi connectivity index (χ0v) is 25.9. The van der Waals surface area contributed by atoms with Gasteiger partial charge in [-0.15, -0.1) is 0 Å². The number of aromatic amines is 2. The lowest BCUT2D eigenvalue weighted by atomic mass is 9.87. The van der Waals surface area contributed by atoms with Crippen molar-refractivity contribution >= 4 is 16.7 Å². The van der Waals surface area contributed by atoms with Gasteiger partial charge in [-0.2, -0.15) is 0 Å². The van der Waals surface area contributed by atoms with Crippen molar-refractivity contribution < 1.29 is 0 Å². The summed E-state index contributed by atoms with van der Waals surface area (Å²) in [5.41, 5.74) is 5.59. The van der Waals surface area contributed by atoms with Crippen LogP contribution in [0.2, 0.25) is 0 Å². The fraction of sp³-hybridized carbons (Fsp3) is 0.485. The molecule has 5 rings (SSSR count). The molecule has 1 aliphatic heterocycles. The number of aryl methyl sites for hydroxylation is 1. The number of fused-ring (bicyclic) bond motifs is 1. The van der Waals surface area contributed by atoms with Crippen molar-refractivity contribution in [3.05, 3.63) is 80.6 Å². The molecule has 8 heteroatoms. The van der Waals surface area contributed by atoms with E-state index in [0.717, 1.165) is 60.2 Å². The molecule has 0 radical (unpaired) electrons. The summed E-state index contributed by atoms with van der Waals surface area (Å²) < 4.78 is 1.55. The van der Waals surface area contributed by atoms with Crippen LogP contribution in [0.15, 0.2) is 58.3 Å². The predicted molar refractivity (Wildman–Crippen MR) is 170 cm³/mol. The Morgan fingerprint density at radius 2 is 1.54 bits per heavy atom. The van der Waals surface area contributed by atoms with Crippen LogP contribution in [0.5, 0.6) is 0 Å². The minimum absolute atomic E-state index is 0.0758. The van der Waals surface area contributed by atoms with E-state index in [4.69, 9.17) is 4.98 Å². The molecular formula is C33H46N6O2. The van der Waals surface area contributed by atoms with E-state index in [1.807, 2.05) is 13.8 Å². The molecule has 1 aliphatic rings. The Morgan fingerprint density at radius 3 is 2.12 bits per heavy atom. The zero-order valence-electron chi connectivity index (χ0n) is 25.9. The minimum atomic E-state index is -0.357. The molecule has 0 bridgehead atoms. The summed E-state index contributed by atoms with van der Waals surface area (Å²) in [7, 11) is 0. The Balaban J connectivity index is 0.000000909. The van der Waals surface area contributed by atoms with E-state index in [2.05, 4.69) is 104 Å². The number of hydrogen-bond acceptors (Lipinski definition) is 5. The van der Waals surface area contributed by atoms with Gasteiger partial charge >= 0.3 is 5.69 Å². The van der Waals surface area contributed by atoms with Gasteiger partial charge in [-0.05, 0) is 42.9 Å². The van der Waals surface area contributed by atoms with Crippen molar-refractivity contribution in [3.63, 3.8) is 0 Å². The van der Waals surface area contributed by atoms with Crippen LogP contribution in [0.3, 0.4) is 0 Å². The highest BCUT2D eigenvalue weighted by Crippen LogP contribution is 2.31. The first-order chi connectivity index (χ1) is 19.4. The average molecular weight is 559 g/mol. The van der Waals surface area contributed by atoms with Gasteiger partial charge in [0.25, 0.3) is 5.56 Å². The van der Waals surface area contributed by atoms with Gasteiger partial charge in [-0.1, -0.05) is 71.9 Å². The number of para-hydroxylation sites is 1. The lowest BCUT2D eigenvalue weighted by Gasteiger charge is -2.39. The summed E-state index contributed by atoms with van der Waals surface area (Å²) in [6.45, 7) is 20.9. The lowest BCUT2D eigenvalue weighted by molar-refractivity contribution is 0.196. The van der Waals surface area contributed by atoms with E-state index in [-0.39, 0.29) is 22.7 Å². The molecular weight excluding hydrogens is 512 g/mol. The van der Waals surface area contributed by atoms with Crippen molar-refractivity contribution in [2.75, 3.05) is 31.1 Å². The number of imidazole rings is 1. The van der Waals surface area contributed by atoms with Crippen molar-refractivity contribution in [3.8, 4) is 11.4 Å². The maximum absolute atomic E-state index is 12.5. The van der Waals surface area contributed by atoms with Crippen LogP contribution in [0.25, 0.3) is 22.4 Å². The van der Waals surface area contributed by atoms with Crippen LogP contribution in [-0.2, 0) is 12.0 Å². The van der Waals surface area contributed by atoms with Gasteiger partial charge in [0.1, 0.15) is 11.3 Å². The molecule has 2 aromatic carbocycles. The predicted octanol–water partition coefficient (Wildman–Crippen LogP) is 5.94. The second-order valence-electron chi connectivity index (χ2n) is 12.6. The topological polar surface area (TPSA) is 90.0 Å². The number of nitrogens with zero attached hydrogens (tertiary/aromatic N) is 4. The van der Waals surface area contributed by atoms with Gasteiger partial charge in [-0.25, -0.2) is 9.78 Å². The SMILES string of the molecule is CC(C)C.CCn1cc(C(C)N2CCN(c3cccc4[nH]c(-c5ccc(C(C)(C)C)cc5)nc34)CC2)c(=O)[nH]c1=O. The normalized spacial score (nSPS) is 15.2. The van der Waals surface area contributed by atoms with Gasteiger partial charge in [0, 0.05) is 50.5 Å². The van der Waals surface area contributed by atoms with Crippen LogP contribution in [0, 0.1) is 5.92 Å². The number of piperazine rings is 1. The maximum Gasteiger partial charge on any atom is 0.328 e. The van der Waals surface area contributed by atoms with Gasteiger partial charge in [-0.3, -0.25) is 14.7 Å². The van der Waals surface area contributed by atoms with Crippen LogP contribution in [0.1, 0.15) is 72.6 Å². The van der Waals surface area contributed by atoms with Gasteiger partial charge in [0.05, 0.1) is 16.8 Å². The second kappa shape index (κ2) is 12.5. The number of aromatic nitrogens is 4. The molecule has 3 heterocycles. The third-order valence-corrected chi connectivity index (χ3v) is 7.55. The maximum atomic E-state index is 12.5. The van der Waals surface area contributed by atoms with Crippen molar-refractivity contribution in [2.45, 2.75) is 73.4 Å². The lowest BCUT2D eigenvalue weighted by Crippen LogP contribution is -2.48. The molecule has 1 unspecified atom stereocenters. The fourth-order valence-corrected chi connectivity index (χ4v) is 5.14. The van der Waals surface area contributed by atoms with Crippen molar-refractivity contribution in [2.24, 2.45) is 5.92 Å². The molecule has 0 amide bonds. The largest absolute Gasteiger partial charge is 0.367 e. The molecule has 1 atom stereocenters.